The summed E-state index contributed by atoms with van der Waals surface area (Å²) in [5.41, 5.74) is -1.41. The van der Waals surface area contributed by atoms with Gasteiger partial charge >= 0.3 is 5.97 Å². The maximum atomic E-state index is 14.1. The van der Waals surface area contributed by atoms with Crippen LogP contribution in [0.1, 0.15) is 112 Å². The van der Waals surface area contributed by atoms with Crippen LogP contribution in [0, 0.1) is 57.7 Å². The second-order valence-electron chi connectivity index (χ2n) is 17.4. The van der Waals surface area contributed by atoms with Gasteiger partial charge in [-0.2, -0.15) is 0 Å². The average molecular weight is 623 g/mol. The van der Waals surface area contributed by atoms with Gasteiger partial charge in [0.1, 0.15) is 11.7 Å². The van der Waals surface area contributed by atoms with Crippen molar-refractivity contribution in [2.24, 2.45) is 57.7 Å². The molecule has 7 rings (SSSR count). The molecule has 8 unspecified atom stereocenters. The Hall–Kier alpha value is -1.24. The number of aldehydes is 1. The molecule has 4 bridgehead atoms. The Kier molecular flexibility index (Phi) is 8.63. The quantitative estimate of drug-likeness (QED) is 0.208. The van der Waals surface area contributed by atoms with Crippen molar-refractivity contribution in [1.82, 2.24) is 9.80 Å². The maximum absolute atomic E-state index is 14.1. The van der Waals surface area contributed by atoms with Crippen molar-refractivity contribution >= 4 is 12.3 Å². The number of allylic oxidation sites excluding steroid dienone is 1. The summed E-state index contributed by atoms with van der Waals surface area (Å²) in [4.78, 5) is 33.1. The van der Waals surface area contributed by atoms with Gasteiger partial charge in [0.25, 0.3) is 0 Å². The summed E-state index contributed by atoms with van der Waals surface area (Å²) < 4.78 is 7.38. The van der Waals surface area contributed by atoms with E-state index in [4.69, 9.17) is 4.74 Å². The van der Waals surface area contributed by atoms with E-state index in [1.165, 1.54) is 57.9 Å². The fourth-order valence-electron chi connectivity index (χ4n) is 13.2. The largest absolute Gasteiger partial charge is 0.481 e. The van der Waals surface area contributed by atoms with E-state index < -0.39 is 22.2 Å². The van der Waals surface area contributed by atoms with Crippen LogP contribution in [0.3, 0.4) is 0 Å². The number of hydrogen-bond donors (Lipinski definition) is 1. The third kappa shape index (κ3) is 4.56. The number of carboxylic acids is 1. The van der Waals surface area contributed by atoms with Gasteiger partial charge < -0.3 is 24.4 Å². The number of carbonyl (C=O) groups excluding carboxylic acids is 1. The molecule has 3 saturated heterocycles. The topological polar surface area (TPSA) is 70.1 Å². The Morgan fingerprint density at radius 2 is 1.89 bits per heavy atom. The maximum Gasteiger partial charge on any atom is 0.315 e. The fraction of sp³-hybridized carbons (Fsp3) is 0.897. The van der Waals surface area contributed by atoms with Crippen LogP contribution in [0.25, 0.3) is 0 Å². The average Bonchev–Trinajstić information content (AvgIpc) is 3.73. The first-order chi connectivity index (χ1) is 21.6. The zero-order valence-corrected chi connectivity index (χ0v) is 29.0. The third-order valence-corrected chi connectivity index (χ3v) is 15.1. The van der Waals surface area contributed by atoms with Gasteiger partial charge in [0.15, 0.2) is 0 Å². The Bertz CT molecular complexity index is 1160. The molecule has 0 amide bonds. The summed E-state index contributed by atoms with van der Waals surface area (Å²) in [6, 6.07) is 0.723. The molecule has 1 N–H and O–H groups in total. The predicted molar refractivity (Wildman–Crippen MR) is 178 cm³/mol. The van der Waals surface area contributed by atoms with Crippen molar-refractivity contribution < 1.29 is 19.4 Å². The summed E-state index contributed by atoms with van der Waals surface area (Å²) in [6.07, 6.45) is 17.0. The van der Waals surface area contributed by atoms with Crippen LogP contribution in [-0.4, -0.2) is 78.1 Å². The monoisotopic (exact) mass is 622 g/mol. The molecule has 3 saturated carbocycles. The Labute approximate surface area is 273 Å². The van der Waals surface area contributed by atoms with Crippen molar-refractivity contribution in [2.75, 3.05) is 32.7 Å². The summed E-state index contributed by atoms with van der Waals surface area (Å²) in [5, 5.41) is 11.5. The highest BCUT2D eigenvalue weighted by atomic mass is 16.5. The van der Waals surface area contributed by atoms with E-state index in [1.807, 2.05) is 0 Å². The van der Waals surface area contributed by atoms with Crippen LogP contribution in [0.5, 0.6) is 0 Å². The lowest BCUT2D eigenvalue weighted by Crippen LogP contribution is -2.65. The van der Waals surface area contributed by atoms with E-state index in [1.54, 1.807) is 0 Å². The van der Waals surface area contributed by atoms with Gasteiger partial charge in [-0.05, 0) is 119 Å². The molecule has 0 aromatic rings. The number of rotatable bonds is 10. The smallest absolute Gasteiger partial charge is 0.315 e. The van der Waals surface area contributed by atoms with E-state index in [0.29, 0.717) is 24.2 Å². The second kappa shape index (κ2) is 12.0. The Balaban J connectivity index is 1.18. The van der Waals surface area contributed by atoms with Crippen LogP contribution >= 0.6 is 0 Å². The third-order valence-electron chi connectivity index (χ3n) is 15.1. The molecule has 252 valence electrons. The molecule has 0 radical (unpaired) electrons. The van der Waals surface area contributed by atoms with Gasteiger partial charge in [-0.3, -0.25) is 4.79 Å². The number of aliphatic carboxylic acids is 1. The van der Waals surface area contributed by atoms with Gasteiger partial charge in [0.2, 0.25) is 0 Å². The zero-order valence-electron chi connectivity index (χ0n) is 29.0. The minimum atomic E-state index is -1.13. The van der Waals surface area contributed by atoms with Gasteiger partial charge in [-0.25, -0.2) is 0 Å². The predicted octanol–water partition coefficient (Wildman–Crippen LogP) is 7.07. The van der Waals surface area contributed by atoms with Crippen molar-refractivity contribution in [2.45, 2.75) is 130 Å². The summed E-state index contributed by atoms with van der Waals surface area (Å²) in [7, 11) is 0. The molecule has 0 aromatic heterocycles. The lowest BCUT2D eigenvalue weighted by molar-refractivity contribution is -0.197. The van der Waals surface area contributed by atoms with Crippen molar-refractivity contribution in [3.05, 3.63) is 11.6 Å². The molecule has 7 aliphatic rings. The summed E-state index contributed by atoms with van der Waals surface area (Å²) in [6.45, 7) is 17.2. The van der Waals surface area contributed by atoms with Gasteiger partial charge in [0, 0.05) is 24.5 Å². The summed E-state index contributed by atoms with van der Waals surface area (Å²) in [5.74, 6) is 1.91. The molecule has 11 atom stereocenters. The number of fused-ring (bicyclic) bond motifs is 2. The number of carbonyl (C=O) groups is 2. The molecular weight excluding hydrogens is 560 g/mol. The first-order valence-electron chi connectivity index (χ1n) is 19.2. The molecule has 3 heterocycles. The van der Waals surface area contributed by atoms with Crippen molar-refractivity contribution in [1.29, 1.82) is 0 Å². The standard InChI is InChI=1S/C39H62N2O4/c1-6-7-10-28-18-35(45-34(28)23-40-16-13-30(14-17-40)41-15-8-9-26(4)22-41)38-21-31-27(5)11-12-32(31)37(24-42)20-29(38)19-33(25(2)3)39(37,38)36(43)44/h19,24-32,34-35H,6-18,20-23H2,1-5H3,(H,43,44)/t26?,27-,28?,29?,31-,32-,34?,35?,37?,38?,39?/m1/s1. The highest BCUT2D eigenvalue weighted by Gasteiger charge is 2.86. The molecule has 45 heavy (non-hydrogen) atoms. The lowest BCUT2D eigenvalue weighted by atomic mass is 9.41. The molecule has 6 heteroatoms. The molecule has 3 aliphatic heterocycles. The SMILES string of the molecule is CCCCC1CC(C23C[C@@H]4[C@H](C)CC[C@H]4C4(C=O)CC2C=C(C(C)C)C34C(=O)O)OC1CN1CCC(N2CCCC(C)C2)CC1. The first kappa shape index (κ1) is 32.3. The van der Waals surface area contributed by atoms with E-state index in [2.05, 4.69) is 50.5 Å². The number of piperidine rings is 2. The van der Waals surface area contributed by atoms with Crippen molar-refractivity contribution in [3.63, 3.8) is 0 Å². The lowest BCUT2D eigenvalue weighted by Gasteiger charge is -2.60. The van der Waals surface area contributed by atoms with E-state index in [-0.39, 0.29) is 30.0 Å². The molecule has 0 aromatic carbocycles. The Morgan fingerprint density at radius 3 is 2.56 bits per heavy atom. The van der Waals surface area contributed by atoms with E-state index >= 15 is 0 Å². The number of ether oxygens (including phenoxy) is 1. The molecule has 0 spiro atoms. The van der Waals surface area contributed by atoms with E-state index in [0.717, 1.165) is 69.3 Å². The molecule has 4 aliphatic carbocycles. The zero-order chi connectivity index (χ0) is 31.7. The molecule has 6 nitrogen and oxygen atoms in total. The minimum Gasteiger partial charge on any atom is -0.481 e. The van der Waals surface area contributed by atoms with Gasteiger partial charge in [-0.15, -0.1) is 0 Å². The first-order valence-corrected chi connectivity index (χ1v) is 19.2. The molecular formula is C39H62N2O4. The number of carboxylic acid groups (broad SMARTS) is 1. The van der Waals surface area contributed by atoms with Crippen LogP contribution in [0.4, 0.5) is 0 Å². The minimum absolute atomic E-state index is 0.0964. The molecule has 6 fully saturated rings. The van der Waals surface area contributed by atoms with E-state index in [9.17, 15) is 14.7 Å². The van der Waals surface area contributed by atoms with Crippen molar-refractivity contribution in [3.8, 4) is 0 Å². The fourth-order valence-corrected chi connectivity index (χ4v) is 13.2. The van der Waals surface area contributed by atoms with Crippen LogP contribution in [-0.2, 0) is 14.3 Å². The number of hydrogen-bond acceptors (Lipinski definition) is 5. The second-order valence-corrected chi connectivity index (χ2v) is 17.4. The summed E-state index contributed by atoms with van der Waals surface area (Å²) >= 11 is 0. The highest BCUT2D eigenvalue weighted by Crippen LogP contribution is 2.84. The number of nitrogens with zero attached hydrogens (tertiary/aromatic N) is 2. The Morgan fingerprint density at radius 1 is 1.11 bits per heavy atom. The number of unbranched alkanes of at least 4 members (excludes halogenated alkanes) is 1. The highest BCUT2D eigenvalue weighted by molar-refractivity contribution is 5.90. The van der Waals surface area contributed by atoms with Gasteiger partial charge in [0.05, 0.1) is 17.6 Å². The number of likely N-dealkylation sites (tertiary alicyclic amines) is 2. The van der Waals surface area contributed by atoms with Gasteiger partial charge in [-0.1, -0.05) is 65.5 Å². The van der Waals surface area contributed by atoms with Crippen LogP contribution < -0.4 is 0 Å². The van der Waals surface area contributed by atoms with Crippen LogP contribution in [0.2, 0.25) is 0 Å². The van der Waals surface area contributed by atoms with Crippen LogP contribution in [0.15, 0.2) is 11.6 Å². The normalized spacial score (nSPS) is 46.9.